The zero-order valence-corrected chi connectivity index (χ0v) is 16.5. The van der Waals surface area contributed by atoms with Crippen LogP contribution < -0.4 is 5.32 Å². The van der Waals surface area contributed by atoms with Crippen LogP contribution in [0, 0.1) is 11.6 Å². The summed E-state index contributed by atoms with van der Waals surface area (Å²) in [6.07, 6.45) is 4.72. The highest BCUT2D eigenvalue weighted by atomic mass is 19.1. The summed E-state index contributed by atoms with van der Waals surface area (Å²) in [5.41, 5.74) is -0.992. The minimum atomic E-state index is -1.32. The molecule has 1 aromatic rings. The van der Waals surface area contributed by atoms with Crippen LogP contribution in [0.25, 0.3) is 0 Å². The molecule has 0 aromatic heterocycles. The first-order valence-electron chi connectivity index (χ1n) is 9.37. The van der Waals surface area contributed by atoms with Crippen LogP contribution in [0.3, 0.4) is 0 Å². The van der Waals surface area contributed by atoms with Gasteiger partial charge >= 0.3 is 11.9 Å². The normalized spacial score (nSPS) is 23.3. The van der Waals surface area contributed by atoms with Crippen LogP contribution in [-0.2, 0) is 23.8 Å². The molecule has 29 heavy (non-hydrogen) atoms. The fourth-order valence-corrected chi connectivity index (χ4v) is 3.88. The van der Waals surface area contributed by atoms with E-state index in [0.29, 0.717) is 6.42 Å². The van der Waals surface area contributed by atoms with Gasteiger partial charge in [-0.15, -0.1) is 0 Å². The molecule has 0 radical (unpaired) electrons. The number of ether oxygens (including phenoxy) is 3. The number of carbonyl (C=O) groups is 2. The lowest BCUT2D eigenvalue weighted by Gasteiger charge is -2.35. The van der Waals surface area contributed by atoms with Crippen LogP contribution in [0.1, 0.15) is 26.2 Å². The van der Waals surface area contributed by atoms with Gasteiger partial charge in [0.25, 0.3) is 0 Å². The lowest BCUT2D eigenvalue weighted by molar-refractivity contribution is -0.139. The number of carbonyl (C=O) groups excluding carboxylic acids is 2. The average molecular weight is 407 g/mol. The van der Waals surface area contributed by atoms with Gasteiger partial charge < -0.3 is 19.5 Å². The van der Waals surface area contributed by atoms with Crippen molar-refractivity contribution in [3.05, 3.63) is 53.1 Å². The molecule has 3 unspecified atom stereocenters. The van der Waals surface area contributed by atoms with Gasteiger partial charge in [-0.05, 0) is 24.6 Å². The van der Waals surface area contributed by atoms with Gasteiger partial charge in [-0.25, -0.2) is 18.4 Å². The van der Waals surface area contributed by atoms with E-state index >= 15 is 0 Å². The molecule has 156 valence electrons. The second-order valence-electron chi connectivity index (χ2n) is 6.96. The van der Waals surface area contributed by atoms with E-state index in [9.17, 15) is 18.4 Å². The third-order valence-electron chi connectivity index (χ3n) is 5.15. The average Bonchev–Trinajstić information content (AvgIpc) is 3.26. The van der Waals surface area contributed by atoms with Crippen molar-refractivity contribution in [2.24, 2.45) is 0 Å². The maximum atomic E-state index is 13.7. The Morgan fingerprint density at radius 1 is 1.17 bits per heavy atom. The number of rotatable bonds is 8. The number of anilines is 1. The van der Waals surface area contributed by atoms with Crippen LogP contribution in [0.15, 0.2) is 41.5 Å². The van der Waals surface area contributed by atoms with Gasteiger partial charge in [0.2, 0.25) is 0 Å². The van der Waals surface area contributed by atoms with E-state index in [-0.39, 0.29) is 16.8 Å². The van der Waals surface area contributed by atoms with E-state index in [2.05, 4.69) is 5.32 Å². The highest BCUT2D eigenvalue weighted by Gasteiger charge is 2.58. The molecule has 2 aliphatic heterocycles. The molecule has 3 rings (SSSR count). The molecule has 0 saturated carbocycles. The minimum Gasteiger partial charge on any atom is -0.466 e. The lowest BCUT2D eigenvalue weighted by atomic mass is 9.79. The Morgan fingerprint density at radius 2 is 1.83 bits per heavy atom. The summed E-state index contributed by atoms with van der Waals surface area (Å²) in [6, 6.07) is 2.51. The number of benzene rings is 1. The summed E-state index contributed by atoms with van der Waals surface area (Å²) >= 11 is 0. The number of nitrogens with one attached hydrogen (secondary N) is 1. The van der Waals surface area contributed by atoms with E-state index in [4.69, 9.17) is 14.2 Å². The van der Waals surface area contributed by atoms with E-state index in [1.165, 1.54) is 14.2 Å². The molecule has 2 aliphatic rings. The molecule has 0 aliphatic carbocycles. The van der Waals surface area contributed by atoms with Crippen LogP contribution in [0.4, 0.5) is 14.5 Å². The van der Waals surface area contributed by atoms with Gasteiger partial charge in [0.15, 0.2) is 0 Å². The van der Waals surface area contributed by atoms with Crippen LogP contribution in [-0.4, -0.2) is 43.9 Å². The lowest BCUT2D eigenvalue weighted by Crippen LogP contribution is -2.48. The molecular weight excluding hydrogens is 384 g/mol. The van der Waals surface area contributed by atoms with E-state index < -0.39 is 41.3 Å². The Morgan fingerprint density at radius 3 is 2.41 bits per heavy atom. The Hall–Kier alpha value is -2.74. The molecule has 1 aromatic carbocycles. The maximum absolute atomic E-state index is 13.7. The van der Waals surface area contributed by atoms with Crippen molar-refractivity contribution in [3.63, 3.8) is 0 Å². The van der Waals surface area contributed by atoms with Crippen molar-refractivity contribution in [1.29, 1.82) is 0 Å². The first-order chi connectivity index (χ1) is 13.9. The van der Waals surface area contributed by atoms with Crippen LogP contribution in [0.5, 0.6) is 0 Å². The number of halogens is 2. The van der Waals surface area contributed by atoms with Gasteiger partial charge in [0.1, 0.15) is 23.3 Å². The number of hydrogen-bond donors (Lipinski definition) is 1. The summed E-state index contributed by atoms with van der Waals surface area (Å²) in [6.45, 7) is 2.00. The topological polar surface area (TPSA) is 73.9 Å². The SMILES string of the molecule is CCCCC(Nc1cc(F)cc(F)c1)C12C=CC(O1)C(C(=O)OC)=C2C(=O)OC. The largest absolute Gasteiger partial charge is 0.466 e. The quantitative estimate of drug-likeness (QED) is 0.527. The molecule has 2 heterocycles. The Balaban J connectivity index is 2.07. The minimum absolute atomic E-state index is 0.0461. The Kier molecular flexibility index (Phi) is 6.02. The molecule has 8 heteroatoms. The Labute approximate surface area is 167 Å². The molecule has 0 spiro atoms. The number of methoxy groups -OCH3 is 2. The monoisotopic (exact) mass is 407 g/mol. The molecule has 1 N–H and O–H groups in total. The second-order valence-corrected chi connectivity index (χ2v) is 6.96. The van der Waals surface area contributed by atoms with Crippen molar-refractivity contribution in [1.82, 2.24) is 0 Å². The summed E-state index contributed by atoms with van der Waals surface area (Å²) in [5, 5.41) is 3.09. The summed E-state index contributed by atoms with van der Waals surface area (Å²) in [4.78, 5) is 25.0. The first-order valence-corrected chi connectivity index (χ1v) is 9.37. The van der Waals surface area contributed by atoms with Gasteiger partial charge in [-0.1, -0.05) is 25.8 Å². The molecule has 6 nitrogen and oxygen atoms in total. The number of hydrogen-bond acceptors (Lipinski definition) is 6. The zero-order valence-electron chi connectivity index (χ0n) is 16.5. The van der Waals surface area contributed by atoms with Crippen LogP contribution >= 0.6 is 0 Å². The Bertz CT molecular complexity index is 862. The van der Waals surface area contributed by atoms with Crippen molar-refractivity contribution >= 4 is 17.6 Å². The maximum Gasteiger partial charge on any atom is 0.337 e. The first kappa shape index (κ1) is 21.0. The fourth-order valence-electron chi connectivity index (χ4n) is 3.88. The van der Waals surface area contributed by atoms with Crippen LogP contribution in [0.2, 0.25) is 0 Å². The summed E-state index contributed by atoms with van der Waals surface area (Å²) in [7, 11) is 2.43. The number of fused-ring (bicyclic) bond motifs is 2. The van der Waals surface area contributed by atoms with Gasteiger partial charge in [0, 0.05) is 11.8 Å². The predicted molar refractivity (Wildman–Crippen MR) is 101 cm³/mol. The highest BCUT2D eigenvalue weighted by Crippen LogP contribution is 2.47. The van der Waals surface area contributed by atoms with Crippen molar-refractivity contribution < 1.29 is 32.6 Å². The van der Waals surface area contributed by atoms with Crippen molar-refractivity contribution in [2.75, 3.05) is 19.5 Å². The smallest absolute Gasteiger partial charge is 0.337 e. The van der Waals surface area contributed by atoms with Crippen molar-refractivity contribution in [3.8, 4) is 0 Å². The number of unbranched alkanes of at least 4 members (excludes halogenated alkanes) is 1. The molecule has 3 atom stereocenters. The fraction of sp³-hybridized carbons (Fsp3) is 0.429. The molecule has 0 amide bonds. The van der Waals surface area contributed by atoms with E-state index in [1.807, 2.05) is 6.92 Å². The van der Waals surface area contributed by atoms with Gasteiger partial charge in [-0.2, -0.15) is 0 Å². The third kappa shape index (κ3) is 3.76. The predicted octanol–water partition coefficient (Wildman–Crippen LogP) is 3.29. The molecule has 2 bridgehead atoms. The molecule has 0 saturated heterocycles. The highest BCUT2D eigenvalue weighted by molar-refractivity contribution is 6.05. The van der Waals surface area contributed by atoms with Crippen molar-refractivity contribution in [2.45, 2.75) is 43.9 Å². The molecule has 0 fully saturated rings. The molecular formula is C21H23F2NO5. The summed E-state index contributed by atoms with van der Waals surface area (Å²) in [5.74, 6) is -2.87. The van der Waals surface area contributed by atoms with E-state index in [1.54, 1.807) is 12.2 Å². The van der Waals surface area contributed by atoms with E-state index in [0.717, 1.165) is 31.0 Å². The number of esters is 2. The zero-order chi connectivity index (χ0) is 21.2. The standard InChI is InChI=1S/C21H23F2NO5/c1-4-5-6-16(24-14-10-12(22)9-13(23)11-14)21-8-7-15(29-21)17(19(25)27-2)18(21)20(26)28-3/h7-11,15-16,24H,4-6H2,1-3H3. The third-order valence-corrected chi connectivity index (χ3v) is 5.15. The summed E-state index contributed by atoms with van der Waals surface area (Å²) < 4.78 is 43.2. The second kappa shape index (κ2) is 8.32. The van der Waals surface area contributed by atoms with Gasteiger partial charge in [0.05, 0.1) is 31.4 Å². The van der Waals surface area contributed by atoms with Gasteiger partial charge in [-0.3, -0.25) is 0 Å².